The highest BCUT2D eigenvalue weighted by molar-refractivity contribution is 7.89. The van der Waals surface area contributed by atoms with Crippen LogP contribution in [0.25, 0.3) is 0 Å². The van der Waals surface area contributed by atoms with Crippen molar-refractivity contribution < 1.29 is 8.42 Å². The van der Waals surface area contributed by atoms with E-state index in [1.54, 1.807) is 6.07 Å². The molecule has 0 amide bonds. The summed E-state index contributed by atoms with van der Waals surface area (Å²) in [5, 5.41) is 0. The lowest BCUT2D eigenvalue weighted by molar-refractivity contribution is 0.218. The SMILES string of the molecule is CC1(C)CCC(NS(=O)(=O)c2cccnc2NN)CC1. The summed E-state index contributed by atoms with van der Waals surface area (Å²) >= 11 is 0. The van der Waals surface area contributed by atoms with Crippen molar-refractivity contribution in [3.05, 3.63) is 18.3 Å². The van der Waals surface area contributed by atoms with Crippen molar-refractivity contribution in [2.24, 2.45) is 11.3 Å². The first kappa shape index (κ1) is 15.2. The van der Waals surface area contributed by atoms with Crippen molar-refractivity contribution in [1.82, 2.24) is 9.71 Å². The predicted octanol–water partition coefficient (Wildman–Crippen LogP) is 1.61. The lowest BCUT2D eigenvalue weighted by Crippen LogP contribution is -2.39. The van der Waals surface area contributed by atoms with Crippen LogP contribution in [-0.2, 0) is 10.0 Å². The molecular weight excluding hydrogens is 276 g/mol. The number of rotatable bonds is 4. The largest absolute Gasteiger partial charge is 0.307 e. The molecule has 0 radical (unpaired) electrons. The van der Waals surface area contributed by atoms with E-state index in [9.17, 15) is 8.42 Å². The van der Waals surface area contributed by atoms with Crippen LogP contribution < -0.4 is 16.0 Å². The van der Waals surface area contributed by atoms with Gasteiger partial charge in [0.05, 0.1) is 0 Å². The third kappa shape index (κ3) is 3.47. The Morgan fingerprint density at radius 1 is 1.35 bits per heavy atom. The molecule has 0 spiro atoms. The van der Waals surface area contributed by atoms with Crippen LogP contribution in [0.4, 0.5) is 5.82 Å². The monoisotopic (exact) mass is 298 g/mol. The number of nitrogens with zero attached hydrogens (tertiary/aromatic N) is 1. The molecule has 0 unspecified atom stereocenters. The molecule has 20 heavy (non-hydrogen) atoms. The third-order valence-electron chi connectivity index (χ3n) is 3.86. The molecule has 1 aromatic rings. The Balaban J connectivity index is 2.12. The minimum absolute atomic E-state index is 0.0149. The molecule has 0 aliphatic heterocycles. The molecule has 1 heterocycles. The van der Waals surface area contributed by atoms with Gasteiger partial charge in [-0.2, -0.15) is 0 Å². The molecule has 0 bridgehead atoms. The van der Waals surface area contributed by atoms with Crippen molar-refractivity contribution in [3.63, 3.8) is 0 Å². The highest BCUT2D eigenvalue weighted by Gasteiger charge is 2.30. The van der Waals surface area contributed by atoms with Gasteiger partial charge in [-0.1, -0.05) is 13.8 Å². The summed E-state index contributed by atoms with van der Waals surface area (Å²) in [6, 6.07) is 3.07. The second-order valence-corrected chi connectivity index (χ2v) is 7.74. The Kier molecular flexibility index (Phi) is 4.31. The van der Waals surface area contributed by atoms with Crippen molar-refractivity contribution in [2.75, 3.05) is 5.43 Å². The zero-order valence-electron chi connectivity index (χ0n) is 11.9. The van der Waals surface area contributed by atoms with E-state index >= 15 is 0 Å². The molecule has 4 N–H and O–H groups in total. The van der Waals surface area contributed by atoms with Gasteiger partial charge in [-0.15, -0.1) is 0 Å². The number of hydrogen-bond donors (Lipinski definition) is 3. The highest BCUT2D eigenvalue weighted by atomic mass is 32.2. The lowest BCUT2D eigenvalue weighted by atomic mass is 9.76. The third-order valence-corrected chi connectivity index (χ3v) is 5.41. The average molecular weight is 298 g/mol. The van der Waals surface area contributed by atoms with Gasteiger partial charge in [-0.25, -0.2) is 24.0 Å². The first-order valence-corrected chi connectivity index (χ1v) is 8.26. The fraction of sp³-hybridized carbons (Fsp3) is 0.615. The number of anilines is 1. The Morgan fingerprint density at radius 2 is 2.00 bits per heavy atom. The van der Waals surface area contributed by atoms with Crippen LogP contribution in [0.2, 0.25) is 0 Å². The molecule has 1 aliphatic carbocycles. The molecular formula is C13H22N4O2S. The second-order valence-electron chi connectivity index (χ2n) is 6.05. The number of hydrazine groups is 1. The molecule has 1 aliphatic rings. The Bertz CT molecular complexity index is 561. The van der Waals surface area contributed by atoms with Crippen LogP contribution in [-0.4, -0.2) is 19.4 Å². The second kappa shape index (κ2) is 5.67. The number of nitrogen functional groups attached to an aromatic ring is 1. The number of aromatic nitrogens is 1. The number of nitrogens with two attached hydrogens (primary N) is 1. The fourth-order valence-corrected chi connectivity index (χ4v) is 3.94. The highest BCUT2D eigenvalue weighted by Crippen LogP contribution is 2.35. The van der Waals surface area contributed by atoms with Gasteiger partial charge in [-0.05, 0) is 43.2 Å². The molecule has 1 aromatic heterocycles. The van der Waals surface area contributed by atoms with Crippen LogP contribution in [0.1, 0.15) is 39.5 Å². The maximum absolute atomic E-state index is 12.4. The van der Waals surface area contributed by atoms with E-state index in [0.717, 1.165) is 25.7 Å². The average Bonchev–Trinajstić information content (AvgIpc) is 2.41. The van der Waals surface area contributed by atoms with Gasteiger partial charge in [0.1, 0.15) is 4.90 Å². The van der Waals surface area contributed by atoms with E-state index < -0.39 is 10.0 Å². The van der Waals surface area contributed by atoms with Gasteiger partial charge in [0.25, 0.3) is 0 Å². The van der Waals surface area contributed by atoms with Gasteiger partial charge >= 0.3 is 0 Å². The van der Waals surface area contributed by atoms with Crippen molar-refractivity contribution in [1.29, 1.82) is 0 Å². The minimum atomic E-state index is -3.59. The molecule has 0 aromatic carbocycles. The molecule has 0 saturated heterocycles. The van der Waals surface area contributed by atoms with Gasteiger partial charge in [-0.3, -0.25) is 0 Å². The first-order valence-electron chi connectivity index (χ1n) is 6.78. The van der Waals surface area contributed by atoms with E-state index in [1.165, 1.54) is 12.3 Å². The van der Waals surface area contributed by atoms with Gasteiger partial charge in [0, 0.05) is 12.2 Å². The molecule has 1 saturated carbocycles. The van der Waals surface area contributed by atoms with E-state index in [4.69, 9.17) is 5.84 Å². The Hall–Kier alpha value is -1.18. The van der Waals surface area contributed by atoms with Crippen LogP contribution in [0.5, 0.6) is 0 Å². The van der Waals surface area contributed by atoms with Crippen LogP contribution in [0.3, 0.4) is 0 Å². The van der Waals surface area contributed by atoms with Gasteiger partial charge < -0.3 is 5.43 Å². The number of pyridine rings is 1. The molecule has 0 atom stereocenters. The molecule has 7 heteroatoms. The zero-order valence-corrected chi connectivity index (χ0v) is 12.7. The van der Waals surface area contributed by atoms with Crippen molar-refractivity contribution >= 4 is 15.8 Å². The van der Waals surface area contributed by atoms with E-state index in [0.29, 0.717) is 5.41 Å². The molecule has 6 nitrogen and oxygen atoms in total. The van der Waals surface area contributed by atoms with Gasteiger partial charge in [0.15, 0.2) is 5.82 Å². The molecule has 112 valence electrons. The number of hydrogen-bond acceptors (Lipinski definition) is 5. The predicted molar refractivity (Wildman–Crippen MR) is 78.4 cm³/mol. The summed E-state index contributed by atoms with van der Waals surface area (Å²) in [4.78, 5) is 4.01. The Morgan fingerprint density at radius 3 is 2.60 bits per heavy atom. The van der Waals surface area contributed by atoms with Crippen LogP contribution in [0, 0.1) is 5.41 Å². The van der Waals surface area contributed by atoms with Crippen molar-refractivity contribution in [2.45, 2.75) is 50.5 Å². The van der Waals surface area contributed by atoms with Crippen LogP contribution >= 0.6 is 0 Å². The minimum Gasteiger partial charge on any atom is -0.307 e. The Labute approximate surface area is 120 Å². The summed E-state index contributed by atoms with van der Waals surface area (Å²) in [5.41, 5.74) is 2.63. The van der Waals surface area contributed by atoms with Crippen LogP contribution in [0.15, 0.2) is 23.2 Å². The molecule has 1 fully saturated rings. The normalized spacial score (nSPS) is 19.8. The van der Waals surface area contributed by atoms with Crippen molar-refractivity contribution in [3.8, 4) is 0 Å². The summed E-state index contributed by atoms with van der Waals surface area (Å²) in [6.45, 7) is 4.44. The topological polar surface area (TPSA) is 97.1 Å². The number of nitrogens with one attached hydrogen (secondary N) is 2. The van der Waals surface area contributed by atoms with E-state index in [-0.39, 0.29) is 16.8 Å². The van der Waals surface area contributed by atoms with Gasteiger partial charge in [0.2, 0.25) is 10.0 Å². The fourth-order valence-electron chi connectivity index (χ4n) is 2.52. The summed E-state index contributed by atoms with van der Waals surface area (Å²) < 4.78 is 27.6. The standard InChI is InChI=1S/C13H22N4O2S/c1-13(2)7-5-10(6-8-13)17-20(18,19)11-4-3-9-15-12(11)16-14/h3-4,9-10,17H,5-8,14H2,1-2H3,(H,15,16). The quantitative estimate of drug-likeness (QED) is 0.579. The summed E-state index contributed by atoms with van der Waals surface area (Å²) in [7, 11) is -3.59. The molecule has 2 rings (SSSR count). The first-order chi connectivity index (χ1) is 9.34. The summed E-state index contributed by atoms with van der Waals surface area (Å²) in [6.07, 6.45) is 5.26. The lowest BCUT2D eigenvalue weighted by Gasteiger charge is -2.34. The zero-order chi connectivity index (χ0) is 14.8. The maximum Gasteiger partial charge on any atom is 0.244 e. The smallest absolute Gasteiger partial charge is 0.244 e. The van der Waals surface area contributed by atoms with E-state index in [2.05, 4.69) is 29.0 Å². The maximum atomic E-state index is 12.4. The summed E-state index contributed by atoms with van der Waals surface area (Å²) in [5.74, 6) is 5.47. The van der Waals surface area contributed by atoms with E-state index in [1.807, 2.05) is 0 Å². The number of sulfonamides is 1.